The highest BCUT2D eigenvalue weighted by Crippen LogP contribution is 2.61. The quantitative estimate of drug-likeness (QED) is 0.901. The zero-order valence-corrected chi connectivity index (χ0v) is 10.7. The number of halogens is 1. The van der Waals surface area contributed by atoms with E-state index >= 15 is 0 Å². The number of nitrogens with two attached hydrogens (primary N) is 1. The van der Waals surface area contributed by atoms with Crippen LogP contribution in [0, 0.1) is 5.41 Å². The molecule has 2 aromatic rings. The fourth-order valence-electron chi connectivity index (χ4n) is 3.79. The smallest absolute Gasteiger partial charge is 0.198 e. The van der Waals surface area contributed by atoms with E-state index < -0.39 is 6.67 Å². The second-order valence-corrected chi connectivity index (χ2v) is 6.26. The van der Waals surface area contributed by atoms with Crippen molar-refractivity contribution in [2.45, 2.75) is 44.3 Å². The molecule has 2 aliphatic rings. The first kappa shape index (κ1) is 11.4. The second-order valence-electron chi connectivity index (χ2n) is 6.26. The molecule has 0 unspecified atom stereocenters. The Labute approximate surface area is 111 Å². The van der Waals surface area contributed by atoms with E-state index in [1.807, 2.05) is 6.07 Å². The Morgan fingerprint density at radius 3 is 2.79 bits per heavy atom. The van der Waals surface area contributed by atoms with Crippen LogP contribution >= 0.6 is 0 Å². The predicted molar refractivity (Wildman–Crippen MR) is 70.4 cm³/mol. The molecule has 0 saturated heterocycles. The normalized spacial score (nSPS) is 33.4. The van der Waals surface area contributed by atoms with E-state index in [1.165, 1.54) is 0 Å². The van der Waals surface area contributed by atoms with Crippen LogP contribution in [-0.2, 0) is 6.67 Å². The van der Waals surface area contributed by atoms with Crippen LogP contribution in [0.25, 0.3) is 11.1 Å². The minimum absolute atomic E-state index is 0.400. The molecule has 4 rings (SSSR count). The number of oxazole rings is 1. The summed E-state index contributed by atoms with van der Waals surface area (Å²) in [6, 6.07) is 5.74. The summed E-state index contributed by atoms with van der Waals surface area (Å²) in [6.07, 6.45) is 4.58. The van der Waals surface area contributed by atoms with Crippen molar-refractivity contribution in [1.29, 1.82) is 0 Å². The van der Waals surface area contributed by atoms with Crippen molar-refractivity contribution in [1.82, 2.24) is 4.98 Å². The molecule has 2 aliphatic carbocycles. The molecule has 1 heterocycles. The summed E-state index contributed by atoms with van der Waals surface area (Å²) in [4.78, 5) is 4.52. The molecule has 0 amide bonds. The summed E-state index contributed by atoms with van der Waals surface area (Å²) in [5.41, 5.74) is 8.54. The van der Waals surface area contributed by atoms with Crippen molar-refractivity contribution in [3.63, 3.8) is 0 Å². The number of nitrogens with zero attached hydrogens (tertiary/aromatic N) is 1. The van der Waals surface area contributed by atoms with Gasteiger partial charge in [-0.2, -0.15) is 0 Å². The lowest BCUT2D eigenvalue weighted by atomic mass is 9.50. The fourth-order valence-corrected chi connectivity index (χ4v) is 3.79. The van der Waals surface area contributed by atoms with Gasteiger partial charge in [-0.1, -0.05) is 6.07 Å². The molecule has 1 aromatic carbocycles. The van der Waals surface area contributed by atoms with Gasteiger partial charge in [0.25, 0.3) is 0 Å². The monoisotopic (exact) mass is 260 g/mol. The third-order valence-corrected chi connectivity index (χ3v) is 4.72. The Morgan fingerprint density at radius 2 is 2.11 bits per heavy atom. The highest BCUT2D eigenvalue weighted by atomic mass is 19.1. The van der Waals surface area contributed by atoms with Gasteiger partial charge in [0.1, 0.15) is 12.2 Å². The first-order valence-corrected chi connectivity index (χ1v) is 6.88. The zero-order valence-electron chi connectivity index (χ0n) is 10.7. The summed E-state index contributed by atoms with van der Waals surface area (Å²) < 4.78 is 18.4. The van der Waals surface area contributed by atoms with Crippen molar-refractivity contribution < 1.29 is 8.81 Å². The summed E-state index contributed by atoms with van der Waals surface area (Å²) in [5.74, 6) is 1.24. The number of hydrogen-bond acceptors (Lipinski definition) is 3. The predicted octanol–water partition coefficient (Wildman–Crippen LogP) is 3.28. The first-order chi connectivity index (χ1) is 9.17. The molecule has 0 atom stereocenters. The number of benzene rings is 1. The van der Waals surface area contributed by atoms with Gasteiger partial charge in [-0.15, -0.1) is 0 Å². The van der Waals surface area contributed by atoms with Crippen molar-refractivity contribution in [3.05, 3.63) is 29.7 Å². The molecule has 0 radical (unpaired) electrons. The Hall–Kier alpha value is -1.42. The third-order valence-electron chi connectivity index (χ3n) is 4.72. The molecule has 1 aromatic heterocycles. The van der Waals surface area contributed by atoms with E-state index in [1.54, 1.807) is 12.1 Å². The summed E-state index contributed by atoms with van der Waals surface area (Å²) >= 11 is 0. The van der Waals surface area contributed by atoms with Gasteiger partial charge in [-0.3, -0.25) is 0 Å². The van der Waals surface area contributed by atoms with Crippen molar-refractivity contribution >= 4 is 11.1 Å². The lowest BCUT2D eigenvalue weighted by molar-refractivity contribution is -0.0156. The highest BCUT2D eigenvalue weighted by Gasteiger charge is 2.53. The van der Waals surface area contributed by atoms with Crippen LogP contribution in [0.5, 0.6) is 0 Å². The Balaban J connectivity index is 1.56. The van der Waals surface area contributed by atoms with E-state index in [2.05, 4.69) is 4.98 Å². The Bertz CT molecular complexity index is 622. The molecule has 2 saturated carbocycles. The zero-order chi connectivity index (χ0) is 13.0. The van der Waals surface area contributed by atoms with Crippen molar-refractivity contribution in [2.75, 3.05) is 0 Å². The SMILES string of the molecule is NC1CC2(C1)CC(c1nc3cc(CF)ccc3o1)C2. The molecule has 3 nitrogen and oxygen atoms in total. The van der Waals surface area contributed by atoms with Crippen LogP contribution in [0.15, 0.2) is 22.6 Å². The van der Waals surface area contributed by atoms with Gasteiger partial charge in [0, 0.05) is 12.0 Å². The number of hydrogen-bond donors (Lipinski definition) is 1. The Kier molecular flexibility index (Phi) is 2.28. The van der Waals surface area contributed by atoms with E-state index in [-0.39, 0.29) is 0 Å². The van der Waals surface area contributed by atoms with E-state index in [9.17, 15) is 4.39 Å². The largest absolute Gasteiger partial charge is 0.440 e. The van der Waals surface area contributed by atoms with Crippen LogP contribution in [0.1, 0.15) is 43.1 Å². The van der Waals surface area contributed by atoms with Crippen LogP contribution in [0.4, 0.5) is 4.39 Å². The summed E-state index contributed by atoms with van der Waals surface area (Å²) in [5, 5.41) is 0. The maximum absolute atomic E-state index is 12.6. The molecular formula is C15H17FN2O. The molecule has 19 heavy (non-hydrogen) atoms. The van der Waals surface area contributed by atoms with Gasteiger partial charge in [0.05, 0.1) is 0 Å². The van der Waals surface area contributed by atoms with Gasteiger partial charge in [-0.05, 0) is 48.8 Å². The van der Waals surface area contributed by atoms with Gasteiger partial charge in [0.15, 0.2) is 11.5 Å². The lowest BCUT2D eigenvalue weighted by Crippen LogP contribution is -2.52. The van der Waals surface area contributed by atoms with E-state index in [4.69, 9.17) is 10.2 Å². The maximum Gasteiger partial charge on any atom is 0.198 e. The fraction of sp³-hybridized carbons (Fsp3) is 0.533. The van der Waals surface area contributed by atoms with Gasteiger partial charge < -0.3 is 10.2 Å². The molecule has 4 heteroatoms. The van der Waals surface area contributed by atoms with Crippen LogP contribution in [-0.4, -0.2) is 11.0 Å². The van der Waals surface area contributed by atoms with Crippen molar-refractivity contribution in [3.8, 4) is 0 Å². The number of fused-ring (bicyclic) bond motifs is 1. The number of alkyl halides is 1. The van der Waals surface area contributed by atoms with Crippen LogP contribution in [0.2, 0.25) is 0 Å². The number of rotatable bonds is 2. The second kappa shape index (κ2) is 3.79. The molecule has 1 spiro atoms. The van der Waals surface area contributed by atoms with Gasteiger partial charge in [-0.25, -0.2) is 9.37 Å². The Morgan fingerprint density at radius 1 is 1.32 bits per heavy atom. The molecule has 0 aliphatic heterocycles. The van der Waals surface area contributed by atoms with E-state index in [0.717, 1.165) is 42.7 Å². The summed E-state index contributed by atoms with van der Waals surface area (Å²) in [6.45, 7) is -0.456. The van der Waals surface area contributed by atoms with E-state index in [0.29, 0.717) is 22.9 Å². The minimum atomic E-state index is -0.456. The molecule has 2 fully saturated rings. The van der Waals surface area contributed by atoms with Gasteiger partial charge in [0.2, 0.25) is 0 Å². The standard InChI is InChI=1S/C15H17FN2O/c16-8-9-1-2-13-12(3-9)18-14(19-13)10-4-15(5-10)6-11(17)7-15/h1-3,10-11H,4-8,17H2. The maximum atomic E-state index is 12.6. The number of aromatic nitrogens is 1. The molecule has 0 bridgehead atoms. The molecule has 2 N–H and O–H groups in total. The average Bonchev–Trinajstić information content (AvgIpc) is 2.73. The van der Waals surface area contributed by atoms with Gasteiger partial charge >= 0.3 is 0 Å². The third kappa shape index (κ3) is 1.70. The molecule has 100 valence electrons. The van der Waals surface area contributed by atoms with Crippen molar-refractivity contribution in [2.24, 2.45) is 11.1 Å². The highest BCUT2D eigenvalue weighted by molar-refractivity contribution is 5.73. The van der Waals surface area contributed by atoms with Crippen LogP contribution in [0.3, 0.4) is 0 Å². The average molecular weight is 260 g/mol. The lowest BCUT2D eigenvalue weighted by Gasteiger charge is -2.56. The minimum Gasteiger partial charge on any atom is -0.440 e. The summed E-state index contributed by atoms with van der Waals surface area (Å²) in [7, 11) is 0. The topological polar surface area (TPSA) is 52.0 Å². The molecular weight excluding hydrogens is 243 g/mol. The first-order valence-electron chi connectivity index (χ1n) is 6.88. The van der Waals surface area contributed by atoms with Crippen LogP contribution < -0.4 is 5.73 Å².